The molecule has 0 radical (unpaired) electrons. The number of carbonyl (C=O) groups is 1. The van der Waals surface area contributed by atoms with E-state index in [-0.39, 0.29) is 5.91 Å². The average Bonchev–Trinajstić information content (AvgIpc) is 2.84. The molecular weight excluding hydrogens is 388 g/mol. The predicted molar refractivity (Wildman–Crippen MR) is 126 cm³/mol. The standard InChI is InChI=1S/C25H34N4O2/c1-26(2)24-9-5-4-8-23(24)25(30)29-14-6-7-21(19-29)28-17-15-27(16-18-28)20-10-12-22(31-3)13-11-20/h4-5,8-13,21H,6-7,14-19H2,1-3H3/t21-/m0/s1. The van der Waals surface area contributed by atoms with Crippen LogP contribution in [0.1, 0.15) is 23.2 Å². The van der Waals surface area contributed by atoms with Gasteiger partial charge in [-0.1, -0.05) is 12.1 Å². The van der Waals surface area contributed by atoms with Crippen molar-refractivity contribution in [1.82, 2.24) is 9.80 Å². The first-order chi connectivity index (χ1) is 15.1. The highest BCUT2D eigenvalue weighted by Crippen LogP contribution is 2.25. The first-order valence-corrected chi connectivity index (χ1v) is 11.3. The Hall–Kier alpha value is -2.73. The molecule has 31 heavy (non-hydrogen) atoms. The first-order valence-electron chi connectivity index (χ1n) is 11.3. The quantitative estimate of drug-likeness (QED) is 0.740. The molecule has 2 aliphatic heterocycles. The van der Waals surface area contributed by atoms with Gasteiger partial charge in [0.1, 0.15) is 5.75 Å². The van der Waals surface area contributed by atoms with E-state index in [0.29, 0.717) is 6.04 Å². The molecule has 2 aromatic rings. The Balaban J connectivity index is 1.36. The molecule has 166 valence electrons. The summed E-state index contributed by atoms with van der Waals surface area (Å²) in [4.78, 5) is 22.4. The molecular formula is C25H34N4O2. The molecule has 2 aliphatic rings. The van der Waals surface area contributed by atoms with Crippen LogP contribution >= 0.6 is 0 Å². The van der Waals surface area contributed by atoms with E-state index in [4.69, 9.17) is 4.74 Å². The normalized spacial score (nSPS) is 19.9. The van der Waals surface area contributed by atoms with Crippen LogP contribution in [0.3, 0.4) is 0 Å². The lowest BCUT2D eigenvalue weighted by atomic mass is 10.0. The molecule has 0 N–H and O–H groups in total. The zero-order valence-electron chi connectivity index (χ0n) is 19.0. The van der Waals surface area contributed by atoms with Crippen molar-refractivity contribution in [3.8, 4) is 5.75 Å². The van der Waals surface area contributed by atoms with Gasteiger partial charge in [0, 0.05) is 70.8 Å². The maximum absolute atomic E-state index is 13.3. The number of para-hydroxylation sites is 1. The largest absolute Gasteiger partial charge is 0.497 e. The van der Waals surface area contributed by atoms with Crippen molar-refractivity contribution in [3.05, 3.63) is 54.1 Å². The fourth-order valence-corrected chi connectivity index (χ4v) is 4.79. The fraction of sp³-hybridized carbons (Fsp3) is 0.480. The lowest BCUT2D eigenvalue weighted by molar-refractivity contribution is 0.0564. The Bertz CT molecular complexity index is 875. The van der Waals surface area contributed by atoms with E-state index in [1.54, 1.807) is 7.11 Å². The number of benzene rings is 2. The predicted octanol–water partition coefficient (Wildman–Crippen LogP) is 3.19. The number of hydrogen-bond donors (Lipinski definition) is 0. The number of hydrogen-bond acceptors (Lipinski definition) is 5. The summed E-state index contributed by atoms with van der Waals surface area (Å²) in [6, 6.07) is 16.7. The molecule has 1 atom stereocenters. The fourth-order valence-electron chi connectivity index (χ4n) is 4.79. The molecule has 0 saturated carbocycles. The summed E-state index contributed by atoms with van der Waals surface area (Å²) in [5.74, 6) is 1.05. The molecule has 2 aromatic carbocycles. The molecule has 0 aromatic heterocycles. The topological polar surface area (TPSA) is 39.3 Å². The van der Waals surface area contributed by atoms with E-state index < -0.39 is 0 Å². The number of amides is 1. The third kappa shape index (κ3) is 4.79. The van der Waals surface area contributed by atoms with E-state index in [1.165, 1.54) is 12.1 Å². The molecule has 2 fully saturated rings. The molecule has 0 spiro atoms. The zero-order chi connectivity index (χ0) is 21.8. The van der Waals surface area contributed by atoms with Crippen LogP contribution in [0.15, 0.2) is 48.5 Å². The summed E-state index contributed by atoms with van der Waals surface area (Å²) in [7, 11) is 5.69. The second-order valence-corrected chi connectivity index (χ2v) is 8.68. The number of piperidine rings is 1. The van der Waals surface area contributed by atoms with Gasteiger partial charge < -0.3 is 19.4 Å². The highest BCUT2D eigenvalue weighted by Gasteiger charge is 2.31. The van der Waals surface area contributed by atoms with Crippen molar-refractivity contribution in [3.63, 3.8) is 0 Å². The Morgan fingerprint density at radius 1 is 0.968 bits per heavy atom. The Kier molecular flexibility index (Phi) is 6.66. The van der Waals surface area contributed by atoms with Crippen molar-refractivity contribution >= 4 is 17.3 Å². The van der Waals surface area contributed by atoms with Crippen molar-refractivity contribution in [2.75, 3.05) is 70.3 Å². The average molecular weight is 423 g/mol. The van der Waals surface area contributed by atoms with Crippen molar-refractivity contribution in [2.45, 2.75) is 18.9 Å². The molecule has 6 heteroatoms. The lowest BCUT2D eigenvalue weighted by Crippen LogP contribution is -2.56. The van der Waals surface area contributed by atoms with Crippen LogP contribution < -0.4 is 14.5 Å². The van der Waals surface area contributed by atoms with E-state index in [0.717, 1.165) is 62.7 Å². The molecule has 1 amide bonds. The van der Waals surface area contributed by atoms with Gasteiger partial charge >= 0.3 is 0 Å². The number of nitrogens with zero attached hydrogens (tertiary/aromatic N) is 4. The highest BCUT2D eigenvalue weighted by molar-refractivity contribution is 5.99. The first kappa shape index (κ1) is 21.5. The minimum atomic E-state index is 0.158. The summed E-state index contributed by atoms with van der Waals surface area (Å²) in [6.07, 6.45) is 2.24. The van der Waals surface area contributed by atoms with E-state index >= 15 is 0 Å². The van der Waals surface area contributed by atoms with Gasteiger partial charge in [-0.2, -0.15) is 0 Å². The van der Waals surface area contributed by atoms with E-state index in [1.807, 2.05) is 55.4 Å². The summed E-state index contributed by atoms with van der Waals surface area (Å²) in [5.41, 5.74) is 3.04. The minimum absolute atomic E-state index is 0.158. The van der Waals surface area contributed by atoms with Crippen molar-refractivity contribution in [2.24, 2.45) is 0 Å². The van der Waals surface area contributed by atoms with E-state index in [9.17, 15) is 4.79 Å². The van der Waals surface area contributed by atoms with Gasteiger partial charge in [0.15, 0.2) is 0 Å². The third-order valence-electron chi connectivity index (χ3n) is 6.57. The van der Waals surface area contributed by atoms with Gasteiger partial charge in [-0.25, -0.2) is 0 Å². The zero-order valence-corrected chi connectivity index (χ0v) is 19.0. The summed E-state index contributed by atoms with van der Waals surface area (Å²) < 4.78 is 5.27. The number of rotatable bonds is 5. The molecule has 0 unspecified atom stereocenters. The maximum Gasteiger partial charge on any atom is 0.256 e. The molecule has 0 bridgehead atoms. The van der Waals surface area contributed by atoms with Crippen molar-refractivity contribution in [1.29, 1.82) is 0 Å². The number of anilines is 2. The van der Waals surface area contributed by atoms with Crippen LogP contribution in [0.2, 0.25) is 0 Å². The summed E-state index contributed by atoms with van der Waals surface area (Å²) in [6.45, 7) is 5.77. The Morgan fingerprint density at radius 3 is 2.35 bits per heavy atom. The van der Waals surface area contributed by atoms with Crippen LogP contribution in [0.25, 0.3) is 0 Å². The number of ether oxygens (including phenoxy) is 1. The molecule has 6 nitrogen and oxygen atoms in total. The Labute approximate surface area is 186 Å². The highest BCUT2D eigenvalue weighted by atomic mass is 16.5. The SMILES string of the molecule is COc1ccc(N2CCN([C@H]3CCCN(C(=O)c4ccccc4N(C)C)C3)CC2)cc1. The second kappa shape index (κ2) is 9.60. The van der Waals surface area contributed by atoms with Crippen LogP contribution in [-0.2, 0) is 0 Å². The van der Waals surface area contributed by atoms with Gasteiger partial charge in [-0.15, -0.1) is 0 Å². The van der Waals surface area contributed by atoms with Gasteiger partial charge in [0.05, 0.1) is 12.7 Å². The number of methoxy groups -OCH3 is 1. The molecule has 4 rings (SSSR count). The van der Waals surface area contributed by atoms with Gasteiger partial charge in [0.25, 0.3) is 5.91 Å². The smallest absolute Gasteiger partial charge is 0.256 e. The summed E-state index contributed by atoms with van der Waals surface area (Å²) >= 11 is 0. The van der Waals surface area contributed by atoms with Crippen LogP contribution in [-0.4, -0.2) is 82.2 Å². The molecule has 2 saturated heterocycles. The third-order valence-corrected chi connectivity index (χ3v) is 6.57. The van der Waals surface area contributed by atoms with Gasteiger partial charge in [-0.3, -0.25) is 9.69 Å². The Morgan fingerprint density at radius 2 is 1.68 bits per heavy atom. The lowest BCUT2D eigenvalue weighted by Gasteiger charge is -2.44. The van der Waals surface area contributed by atoms with Crippen molar-refractivity contribution < 1.29 is 9.53 Å². The molecule has 0 aliphatic carbocycles. The van der Waals surface area contributed by atoms with Crippen LogP contribution in [0.5, 0.6) is 5.75 Å². The molecule has 2 heterocycles. The van der Waals surface area contributed by atoms with Crippen LogP contribution in [0.4, 0.5) is 11.4 Å². The number of likely N-dealkylation sites (tertiary alicyclic amines) is 1. The maximum atomic E-state index is 13.3. The summed E-state index contributed by atoms with van der Waals surface area (Å²) in [5, 5.41) is 0. The van der Waals surface area contributed by atoms with Gasteiger partial charge in [0.2, 0.25) is 0 Å². The van der Waals surface area contributed by atoms with E-state index in [2.05, 4.69) is 26.8 Å². The number of piperazine rings is 1. The monoisotopic (exact) mass is 422 g/mol. The van der Waals surface area contributed by atoms with Gasteiger partial charge in [-0.05, 0) is 49.2 Å². The van der Waals surface area contributed by atoms with Crippen LogP contribution in [0, 0.1) is 0 Å². The number of carbonyl (C=O) groups excluding carboxylic acids is 1. The second-order valence-electron chi connectivity index (χ2n) is 8.68. The minimum Gasteiger partial charge on any atom is -0.497 e.